The monoisotopic (exact) mass is 293 g/mol. The Morgan fingerprint density at radius 1 is 1.67 bits per heavy atom. The quantitative estimate of drug-likeness (QED) is 0.676. The van der Waals surface area contributed by atoms with E-state index in [0.29, 0.717) is 5.75 Å². The second-order valence-electron chi connectivity index (χ2n) is 3.60. The average molecular weight is 293 g/mol. The topological polar surface area (TPSA) is 112 Å². The second kappa shape index (κ2) is 6.21. The van der Waals surface area contributed by atoms with Crippen LogP contribution in [0.2, 0.25) is 0 Å². The second-order valence-corrected chi connectivity index (χ2v) is 6.57. The van der Waals surface area contributed by atoms with Crippen LogP contribution < -0.4 is 4.72 Å². The summed E-state index contributed by atoms with van der Waals surface area (Å²) in [5.41, 5.74) is -0.363. The summed E-state index contributed by atoms with van der Waals surface area (Å²) < 4.78 is 26.3. The SMILES string of the molecule is CCSCC(C)NS(=O)(=O)c1[nH]ncc1C(=O)O. The third kappa shape index (κ3) is 3.72. The van der Waals surface area contributed by atoms with Gasteiger partial charge in [0.1, 0.15) is 5.56 Å². The van der Waals surface area contributed by atoms with E-state index in [1.165, 1.54) is 0 Å². The van der Waals surface area contributed by atoms with Gasteiger partial charge in [-0.05, 0) is 12.7 Å². The van der Waals surface area contributed by atoms with E-state index in [1.54, 1.807) is 18.7 Å². The normalized spacial score (nSPS) is 13.4. The number of aromatic amines is 1. The average Bonchev–Trinajstić information content (AvgIpc) is 2.75. The van der Waals surface area contributed by atoms with Crippen LogP contribution in [0, 0.1) is 0 Å². The summed E-state index contributed by atoms with van der Waals surface area (Å²) in [6.45, 7) is 3.69. The standard InChI is InChI=1S/C9H15N3O4S2/c1-3-17-5-6(2)12-18(15,16)8-7(9(13)14)4-10-11-8/h4,6,12H,3,5H2,1-2H3,(H,10,11)(H,13,14). The lowest BCUT2D eigenvalue weighted by Gasteiger charge is -2.12. The van der Waals surface area contributed by atoms with E-state index >= 15 is 0 Å². The molecule has 0 saturated carbocycles. The van der Waals surface area contributed by atoms with Crippen LogP contribution in [0.4, 0.5) is 0 Å². The molecule has 0 aliphatic rings. The summed E-state index contributed by atoms with van der Waals surface area (Å²) >= 11 is 1.60. The number of carboxylic acids is 1. The molecule has 1 aromatic heterocycles. The van der Waals surface area contributed by atoms with Crippen LogP contribution in [-0.4, -0.2) is 47.2 Å². The van der Waals surface area contributed by atoms with Crippen molar-refractivity contribution in [2.45, 2.75) is 24.9 Å². The Hall–Kier alpha value is -1.06. The van der Waals surface area contributed by atoms with E-state index in [-0.39, 0.29) is 11.6 Å². The maximum atomic E-state index is 11.9. The van der Waals surface area contributed by atoms with Crippen LogP contribution in [0.5, 0.6) is 0 Å². The third-order valence-electron chi connectivity index (χ3n) is 2.03. The zero-order chi connectivity index (χ0) is 13.8. The van der Waals surface area contributed by atoms with E-state index in [9.17, 15) is 13.2 Å². The Bertz CT molecular complexity index is 512. The number of nitrogens with one attached hydrogen (secondary N) is 2. The number of sulfonamides is 1. The van der Waals surface area contributed by atoms with Crippen molar-refractivity contribution in [1.82, 2.24) is 14.9 Å². The molecule has 0 bridgehead atoms. The van der Waals surface area contributed by atoms with Crippen molar-refractivity contribution in [2.24, 2.45) is 0 Å². The number of nitrogens with zero attached hydrogens (tertiary/aromatic N) is 1. The van der Waals surface area contributed by atoms with Crippen LogP contribution in [0.25, 0.3) is 0 Å². The van der Waals surface area contributed by atoms with Crippen LogP contribution in [0.1, 0.15) is 24.2 Å². The van der Waals surface area contributed by atoms with Crippen molar-refractivity contribution in [3.63, 3.8) is 0 Å². The minimum atomic E-state index is -3.88. The summed E-state index contributed by atoms with van der Waals surface area (Å²) in [6, 6.07) is -0.287. The fraction of sp³-hybridized carbons (Fsp3) is 0.556. The minimum Gasteiger partial charge on any atom is -0.478 e. The highest BCUT2D eigenvalue weighted by Gasteiger charge is 2.26. The smallest absolute Gasteiger partial charge is 0.340 e. The lowest BCUT2D eigenvalue weighted by molar-refractivity contribution is 0.0692. The molecular weight excluding hydrogens is 278 g/mol. The fourth-order valence-corrected chi connectivity index (χ4v) is 3.40. The Balaban J connectivity index is 2.86. The Labute approximate surface area is 109 Å². The van der Waals surface area contributed by atoms with Gasteiger partial charge in [0.05, 0.1) is 6.20 Å². The fourth-order valence-electron chi connectivity index (χ4n) is 1.28. The molecule has 1 heterocycles. The van der Waals surface area contributed by atoms with Crippen LogP contribution in [0.3, 0.4) is 0 Å². The molecule has 1 rings (SSSR count). The lowest BCUT2D eigenvalue weighted by atomic mass is 10.4. The molecule has 0 aromatic carbocycles. The number of hydrogen-bond donors (Lipinski definition) is 3. The molecule has 102 valence electrons. The number of carbonyl (C=O) groups is 1. The van der Waals surface area contributed by atoms with Gasteiger partial charge in [0, 0.05) is 11.8 Å². The molecule has 0 spiro atoms. The molecule has 0 fully saturated rings. The van der Waals surface area contributed by atoms with Crippen LogP contribution in [0.15, 0.2) is 11.2 Å². The summed E-state index contributed by atoms with van der Waals surface area (Å²) in [5.74, 6) is 0.169. The van der Waals surface area contributed by atoms with Gasteiger partial charge in [-0.25, -0.2) is 17.9 Å². The molecule has 0 amide bonds. The first-order valence-corrected chi connectivity index (χ1v) is 7.89. The predicted molar refractivity (Wildman–Crippen MR) is 68.3 cm³/mol. The number of H-pyrrole nitrogens is 1. The Kier molecular flexibility index (Phi) is 5.17. The summed E-state index contributed by atoms with van der Waals surface area (Å²) in [5, 5.41) is 14.1. The largest absolute Gasteiger partial charge is 0.478 e. The number of aromatic carboxylic acids is 1. The molecule has 1 unspecified atom stereocenters. The number of aromatic nitrogens is 2. The van der Waals surface area contributed by atoms with Gasteiger partial charge in [0.25, 0.3) is 10.0 Å². The van der Waals surface area contributed by atoms with Gasteiger partial charge in [0.2, 0.25) is 0 Å². The molecule has 0 aliphatic heterocycles. The molecule has 3 N–H and O–H groups in total. The van der Waals surface area contributed by atoms with Gasteiger partial charge >= 0.3 is 5.97 Å². The summed E-state index contributed by atoms with van der Waals surface area (Å²) in [6.07, 6.45) is 0.975. The van der Waals surface area contributed by atoms with Crippen molar-refractivity contribution in [2.75, 3.05) is 11.5 Å². The number of hydrogen-bond acceptors (Lipinski definition) is 5. The van der Waals surface area contributed by atoms with Gasteiger partial charge in [-0.2, -0.15) is 16.9 Å². The molecule has 1 aromatic rings. The van der Waals surface area contributed by atoms with E-state index in [2.05, 4.69) is 14.9 Å². The van der Waals surface area contributed by atoms with E-state index in [0.717, 1.165) is 11.9 Å². The number of thioether (sulfide) groups is 1. The zero-order valence-corrected chi connectivity index (χ0v) is 11.6. The molecule has 1 atom stereocenters. The highest BCUT2D eigenvalue weighted by Crippen LogP contribution is 2.13. The molecule has 9 heteroatoms. The molecule has 7 nitrogen and oxygen atoms in total. The molecule has 0 saturated heterocycles. The van der Waals surface area contributed by atoms with Crippen molar-refractivity contribution in [3.05, 3.63) is 11.8 Å². The number of carboxylic acid groups (broad SMARTS) is 1. The van der Waals surface area contributed by atoms with Gasteiger partial charge < -0.3 is 5.11 Å². The van der Waals surface area contributed by atoms with Crippen molar-refractivity contribution in [3.8, 4) is 0 Å². The maximum absolute atomic E-state index is 11.9. The van der Waals surface area contributed by atoms with Crippen LogP contribution >= 0.6 is 11.8 Å². The van der Waals surface area contributed by atoms with Gasteiger partial charge in [-0.15, -0.1) is 0 Å². The van der Waals surface area contributed by atoms with Gasteiger partial charge in [-0.3, -0.25) is 5.10 Å². The van der Waals surface area contributed by atoms with E-state index in [1.807, 2.05) is 6.92 Å². The number of rotatable bonds is 7. The van der Waals surface area contributed by atoms with Gasteiger partial charge in [0.15, 0.2) is 5.03 Å². The molecule has 18 heavy (non-hydrogen) atoms. The predicted octanol–water partition coefficient (Wildman–Crippen LogP) is 0.528. The van der Waals surface area contributed by atoms with Crippen molar-refractivity contribution < 1.29 is 18.3 Å². The van der Waals surface area contributed by atoms with Gasteiger partial charge in [-0.1, -0.05) is 6.92 Å². The van der Waals surface area contributed by atoms with Crippen LogP contribution in [-0.2, 0) is 10.0 Å². The molecular formula is C9H15N3O4S2. The zero-order valence-electron chi connectivity index (χ0n) is 10.0. The minimum absolute atomic E-state index is 0.287. The summed E-state index contributed by atoms with van der Waals surface area (Å²) in [4.78, 5) is 10.8. The highest BCUT2D eigenvalue weighted by atomic mass is 32.2. The third-order valence-corrected chi connectivity index (χ3v) is 4.74. The molecule has 0 aliphatic carbocycles. The van der Waals surface area contributed by atoms with Crippen molar-refractivity contribution >= 4 is 27.8 Å². The van der Waals surface area contributed by atoms with E-state index < -0.39 is 21.0 Å². The Morgan fingerprint density at radius 2 is 2.33 bits per heavy atom. The highest BCUT2D eigenvalue weighted by molar-refractivity contribution is 7.99. The summed E-state index contributed by atoms with van der Waals surface area (Å²) in [7, 11) is -3.88. The first-order valence-electron chi connectivity index (χ1n) is 5.25. The first-order chi connectivity index (χ1) is 8.38. The lowest BCUT2D eigenvalue weighted by Crippen LogP contribution is -2.35. The first kappa shape index (κ1) is 15.0. The Morgan fingerprint density at radius 3 is 2.89 bits per heavy atom. The van der Waals surface area contributed by atoms with E-state index in [4.69, 9.17) is 5.11 Å². The molecule has 0 radical (unpaired) electrons. The van der Waals surface area contributed by atoms with Crippen molar-refractivity contribution in [1.29, 1.82) is 0 Å². The maximum Gasteiger partial charge on any atom is 0.340 e.